The van der Waals surface area contributed by atoms with Gasteiger partial charge in [0.15, 0.2) is 0 Å². The van der Waals surface area contributed by atoms with Crippen LogP contribution in [0.4, 0.5) is 0 Å². The molecule has 5 heteroatoms. The summed E-state index contributed by atoms with van der Waals surface area (Å²) >= 11 is 3.38. The lowest BCUT2D eigenvalue weighted by molar-refractivity contribution is -0.122. The second-order valence-electron chi connectivity index (χ2n) is 3.48. The minimum Gasteiger partial charge on any atom is -0.496 e. The highest BCUT2D eigenvalue weighted by Crippen LogP contribution is 2.25. The number of nitrogens with two attached hydrogens (primary N) is 1. The molecule has 0 aliphatic carbocycles. The molecule has 1 rings (SSSR count). The van der Waals surface area contributed by atoms with E-state index in [9.17, 15) is 4.79 Å². The quantitative estimate of drug-likeness (QED) is 0.880. The van der Waals surface area contributed by atoms with Crippen LogP contribution in [0.5, 0.6) is 5.75 Å². The molecule has 4 nitrogen and oxygen atoms in total. The predicted molar refractivity (Wildman–Crippen MR) is 66.2 cm³/mol. The summed E-state index contributed by atoms with van der Waals surface area (Å²) in [7, 11) is 1.61. The lowest BCUT2D eigenvalue weighted by atomic mass is 10.2. The van der Waals surface area contributed by atoms with Gasteiger partial charge in [-0.1, -0.05) is 6.07 Å². The number of hydrogen-bond donors (Lipinski definition) is 2. The maximum atomic E-state index is 11.3. The van der Waals surface area contributed by atoms with Crippen molar-refractivity contribution in [2.24, 2.45) is 5.73 Å². The lowest BCUT2D eigenvalue weighted by Gasteiger charge is -2.09. The van der Waals surface area contributed by atoms with E-state index in [1.54, 1.807) is 14.0 Å². The van der Waals surface area contributed by atoms with Gasteiger partial charge >= 0.3 is 0 Å². The largest absolute Gasteiger partial charge is 0.496 e. The Morgan fingerprint density at radius 1 is 1.62 bits per heavy atom. The van der Waals surface area contributed by atoms with Gasteiger partial charge in [-0.05, 0) is 40.5 Å². The highest BCUT2D eigenvalue weighted by atomic mass is 79.9. The number of methoxy groups -OCH3 is 1. The number of carbonyl (C=O) groups excluding carboxylic acids is 1. The van der Waals surface area contributed by atoms with Crippen LogP contribution < -0.4 is 15.8 Å². The molecule has 0 aliphatic heterocycles. The number of nitrogens with one attached hydrogen (secondary N) is 1. The third kappa shape index (κ3) is 3.50. The molecule has 1 atom stereocenters. The van der Waals surface area contributed by atoms with E-state index < -0.39 is 6.04 Å². The van der Waals surface area contributed by atoms with E-state index in [1.165, 1.54) is 0 Å². The number of halogens is 1. The van der Waals surface area contributed by atoms with Gasteiger partial charge in [0.05, 0.1) is 17.6 Å². The van der Waals surface area contributed by atoms with Crippen LogP contribution in [0.15, 0.2) is 22.7 Å². The van der Waals surface area contributed by atoms with Crippen LogP contribution in [0.1, 0.15) is 12.5 Å². The first-order valence-corrected chi connectivity index (χ1v) is 5.69. The molecule has 1 amide bonds. The number of amides is 1. The van der Waals surface area contributed by atoms with Gasteiger partial charge in [-0.2, -0.15) is 0 Å². The van der Waals surface area contributed by atoms with Crippen molar-refractivity contribution >= 4 is 21.8 Å². The molecule has 3 N–H and O–H groups in total. The first kappa shape index (κ1) is 13.0. The third-order valence-electron chi connectivity index (χ3n) is 2.10. The average molecular weight is 287 g/mol. The molecular weight excluding hydrogens is 272 g/mol. The van der Waals surface area contributed by atoms with Crippen molar-refractivity contribution in [1.82, 2.24) is 5.32 Å². The minimum atomic E-state index is -0.485. The predicted octanol–water partition coefficient (Wildman–Crippen LogP) is 1.42. The van der Waals surface area contributed by atoms with Gasteiger partial charge in [-0.15, -0.1) is 0 Å². The molecule has 0 saturated heterocycles. The zero-order valence-corrected chi connectivity index (χ0v) is 10.9. The summed E-state index contributed by atoms with van der Waals surface area (Å²) in [6.07, 6.45) is 0. The SMILES string of the molecule is COc1ccc(CNC(=O)C(C)N)cc1Br. The summed E-state index contributed by atoms with van der Waals surface area (Å²) in [5.41, 5.74) is 6.42. The van der Waals surface area contributed by atoms with Crippen LogP contribution in [0.2, 0.25) is 0 Å². The van der Waals surface area contributed by atoms with Crippen molar-refractivity contribution < 1.29 is 9.53 Å². The van der Waals surface area contributed by atoms with E-state index >= 15 is 0 Å². The highest BCUT2D eigenvalue weighted by molar-refractivity contribution is 9.10. The molecule has 0 saturated carbocycles. The number of carbonyl (C=O) groups is 1. The van der Waals surface area contributed by atoms with E-state index in [0.29, 0.717) is 6.54 Å². The first-order chi connectivity index (χ1) is 7.54. The molecule has 0 fully saturated rings. The molecule has 0 aliphatic rings. The third-order valence-corrected chi connectivity index (χ3v) is 2.72. The van der Waals surface area contributed by atoms with E-state index in [0.717, 1.165) is 15.8 Å². The van der Waals surface area contributed by atoms with E-state index in [1.807, 2.05) is 18.2 Å². The zero-order valence-electron chi connectivity index (χ0n) is 9.29. The summed E-state index contributed by atoms with van der Waals surface area (Å²) in [5.74, 6) is 0.606. The van der Waals surface area contributed by atoms with Gasteiger partial charge in [0.25, 0.3) is 0 Å². The summed E-state index contributed by atoms with van der Waals surface area (Å²) < 4.78 is 5.97. The van der Waals surface area contributed by atoms with Crippen molar-refractivity contribution in [3.05, 3.63) is 28.2 Å². The van der Waals surface area contributed by atoms with Gasteiger partial charge in [0.2, 0.25) is 5.91 Å². The van der Waals surface area contributed by atoms with Gasteiger partial charge in [0.1, 0.15) is 5.75 Å². The summed E-state index contributed by atoms with van der Waals surface area (Å²) in [6.45, 7) is 2.11. The minimum absolute atomic E-state index is 0.160. The van der Waals surface area contributed by atoms with Crippen molar-refractivity contribution in [2.75, 3.05) is 7.11 Å². The number of hydrogen-bond acceptors (Lipinski definition) is 3. The topological polar surface area (TPSA) is 64.3 Å². The maximum Gasteiger partial charge on any atom is 0.236 e. The summed E-state index contributed by atoms with van der Waals surface area (Å²) in [6, 6.07) is 5.16. The molecule has 1 aromatic carbocycles. The Balaban J connectivity index is 2.62. The van der Waals surface area contributed by atoms with Crippen molar-refractivity contribution in [3.63, 3.8) is 0 Å². The molecule has 0 heterocycles. The Hall–Kier alpha value is -1.07. The van der Waals surface area contributed by atoms with Crippen LogP contribution in [-0.4, -0.2) is 19.1 Å². The van der Waals surface area contributed by atoms with Gasteiger partial charge < -0.3 is 15.8 Å². The molecule has 1 unspecified atom stereocenters. The Bertz CT molecular complexity index is 380. The van der Waals surface area contributed by atoms with Crippen molar-refractivity contribution in [3.8, 4) is 5.75 Å². The molecule has 0 radical (unpaired) electrons. The van der Waals surface area contributed by atoms with Crippen LogP contribution >= 0.6 is 15.9 Å². The molecule has 1 aromatic rings. The molecular formula is C11H15BrN2O2. The summed E-state index contributed by atoms with van der Waals surface area (Å²) in [4.78, 5) is 11.3. The fourth-order valence-corrected chi connectivity index (χ4v) is 1.76. The molecule has 0 spiro atoms. The second-order valence-corrected chi connectivity index (χ2v) is 4.33. The Morgan fingerprint density at radius 3 is 2.81 bits per heavy atom. The van der Waals surface area contributed by atoms with Crippen LogP contribution in [0, 0.1) is 0 Å². The number of ether oxygens (including phenoxy) is 1. The van der Waals surface area contributed by atoms with Crippen LogP contribution in [0.3, 0.4) is 0 Å². The Morgan fingerprint density at radius 2 is 2.31 bits per heavy atom. The zero-order chi connectivity index (χ0) is 12.1. The maximum absolute atomic E-state index is 11.3. The first-order valence-electron chi connectivity index (χ1n) is 4.90. The van der Waals surface area contributed by atoms with Crippen molar-refractivity contribution in [2.45, 2.75) is 19.5 Å². The standard InChI is InChI=1S/C11H15BrN2O2/c1-7(13)11(15)14-6-8-3-4-10(16-2)9(12)5-8/h3-5,7H,6,13H2,1-2H3,(H,14,15). The van der Waals surface area contributed by atoms with Gasteiger partial charge in [0, 0.05) is 6.54 Å². The fourth-order valence-electron chi connectivity index (χ4n) is 1.17. The molecule has 16 heavy (non-hydrogen) atoms. The molecule has 0 bridgehead atoms. The lowest BCUT2D eigenvalue weighted by Crippen LogP contribution is -2.37. The van der Waals surface area contributed by atoms with E-state index in [-0.39, 0.29) is 5.91 Å². The second kappa shape index (κ2) is 5.86. The van der Waals surface area contributed by atoms with Gasteiger partial charge in [-0.25, -0.2) is 0 Å². The number of rotatable bonds is 4. The highest BCUT2D eigenvalue weighted by Gasteiger charge is 2.07. The number of benzene rings is 1. The van der Waals surface area contributed by atoms with E-state index in [2.05, 4.69) is 21.2 Å². The Labute approximate surface area is 103 Å². The van der Waals surface area contributed by atoms with Crippen molar-refractivity contribution in [1.29, 1.82) is 0 Å². The average Bonchev–Trinajstić information content (AvgIpc) is 2.25. The van der Waals surface area contributed by atoms with E-state index in [4.69, 9.17) is 10.5 Å². The molecule has 88 valence electrons. The normalized spacial score (nSPS) is 12.0. The van der Waals surface area contributed by atoms with Gasteiger partial charge in [-0.3, -0.25) is 4.79 Å². The summed E-state index contributed by atoms with van der Waals surface area (Å²) in [5, 5.41) is 2.74. The monoisotopic (exact) mass is 286 g/mol. The van der Waals surface area contributed by atoms with Crippen LogP contribution in [-0.2, 0) is 11.3 Å². The fraction of sp³-hybridized carbons (Fsp3) is 0.364. The Kier molecular flexibility index (Phi) is 4.76. The van der Waals surface area contributed by atoms with Crippen LogP contribution in [0.25, 0.3) is 0 Å². The molecule has 0 aromatic heterocycles. The smallest absolute Gasteiger partial charge is 0.236 e.